The standard InChI is InChI=1S/C18H16ClN3O3/c1-18-10-21(16(20)23)17(24)22(18)13-9-12(19)7-8-14(13)25-15(18)11-5-3-2-4-6-11/h2-9,15H,10H2,1H3,(H2,20,23). The zero-order valence-corrected chi connectivity index (χ0v) is 14.2. The fraction of sp³-hybridized carbons (Fsp3) is 0.222. The number of primary amides is 1. The minimum Gasteiger partial charge on any atom is -0.481 e. The van der Waals surface area contributed by atoms with Gasteiger partial charge in [0.2, 0.25) is 0 Å². The van der Waals surface area contributed by atoms with E-state index in [4.69, 9.17) is 22.1 Å². The summed E-state index contributed by atoms with van der Waals surface area (Å²) in [5.41, 5.74) is 6.06. The minimum atomic E-state index is -0.800. The first-order valence-corrected chi connectivity index (χ1v) is 8.22. The van der Waals surface area contributed by atoms with Gasteiger partial charge in [0, 0.05) is 5.02 Å². The number of benzene rings is 2. The molecule has 1 fully saturated rings. The summed E-state index contributed by atoms with van der Waals surface area (Å²) in [6.45, 7) is 2.02. The number of amides is 4. The number of carbonyl (C=O) groups excluding carboxylic acids is 2. The maximum atomic E-state index is 12.9. The van der Waals surface area contributed by atoms with E-state index in [9.17, 15) is 9.59 Å². The second-order valence-electron chi connectivity index (χ2n) is 6.42. The van der Waals surface area contributed by atoms with Crippen molar-refractivity contribution in [3.8, 4) is 5.75 Å². The zero-order chi connectivity index (χ0) is 17.8. The van der Waals surface area contributed by atoms with Crippen LogP contribution < -0.4 is 15.4 Å². The molecule has 2 aromatic rings. The Hall–Kier alpha value is -2.73. The maximum absolute atomic E-state index is 12.9. The molecule has 2 aliphatic rings. The lowest BCUT2D eigenvalue weighted by Crippen LogP contribution is -2.54. The van der Waals surface area contributed by atoms with Crippen LogP contribution in [-0.4, -0.2) is 29.0 Å². The highest BCUT2D eigenvalue weighted by atomic mass is 35.5. The van der Waals surface area contributed by atoms with Gasteiger partial charge in [-0.1, -0.05) is 41.9 Å². The third-order valence-corrected chi connectivity index (χ3v) is 4.99. The van der Waals surface area contributed by atoms with Gasteiger partial charge < -0.3 is 10.5 Å². The number of anilines is 1. The second kappa shape index (κ2) is 5.39. The molecular formula is C18H16ClN3O3. The lowest BCUT2D eigenvalue weighted by atomic mass is 9.86. The summed E-state index contributed by atoms with van der Waals surface area (Å²) in [5, 5.41) is 0.480. The molecule has 2 aromatic carbocycles. The molecule has 1 saturated heterocycles. The molecule has 0 aliphatic carbocycles. The molecule has 4 rings (SSSR count). The molecule has 6 nitrogen and oxygen atoms in total. The van der Waals surface area contributed by atoms with Gasteiger partial charge in [-0.05, 0) is 30.7 Å². The van der Waals surface area contributed by atoms with Crippen molar-refractivity contribution in [1.82, 2.24) is 4.90 Å². The number of ether oxygens (including phenoxy) is 1. The average Bonchev–Trinajstić information content (AvgIpc) is 2.87. The molecule has 0 bridgehead atoms. The van der Waals surface area contributed by atoms with Gasteiger partial charge in [0.25, 0.3) is 0 Å². The number of hydrogen-bond acceptors (Lipinski definition) is 3. The topological polar surface area (TPSA) is 75.9 Å². The molecule has 2 unspecified atom stereocenters. The van der Waals surface area contributed by atoms with E-state index in [-0.39, 0.29) is 6.54 Å². The Labute approximate surface area is 149 Å². The molecule has 2 atom stereocenters. The fourth-order valence-corrected chi connectivity index (χ4v) is 3.79. The largest absolute Gasteiger partial charge is 0.481 e. The first-order valence-electron chi connectivity index (χ1n) is 7.84. The first-order chi connectivity index (χ1) is 11.9. The smallest absolute Gasteiger partial charge is 0.333 e. The van der Waals surface area contributed by atoms with Crippen molar-refractivity contribution < 1.29 is 14.3 Å². The van der Waals surface area contributed by atoms with Crippen molar-refractivity contribution in [3.05, 3.63) is 59.1 Å². The Kier molecular flexibility index (Phi) is 3.40. The molecule has 2 aliphatic heterocycles. The Morgan fingerprint density at radius 1 is 1.28 bits per heavy atom. The SMILES string of the molecule is CC12CN(C(N)=O)C(=O)N1c1cc(Cl)ccc1OC2c1ccccc1. The number of nitrogens with two attached hydrogens (primary N) is 1. The predicted octanol–water partition coefficient (Wildman–Crippen LogP) is 3.55. The quantitative estimate of drug-likeness (QED) is 0.847. The number of halogens is 1. The third-order valence-electron chi connectivity index (χ3n) is 4.75. The van der Waals surface area contributed by atoms with Crippen LogP contribution in [0.4, 0.5) is 15.3 Å². The molecular weight excluding hydrogens is 342 g/mol. The molecule has 128 valence electrons. The second-order valence-corrected chi connectivity index (χ2v) is 6.86. The van der Waals surface area contributed by atoms with Crippen molar-refractivity contribution in [2.45, 2.75) is 18.6 Å². The van der Waals surface area contributed by atoms with E-state index in [0.29, 0.717) is 16.5 Å². The Morgan fingerprint density at radius 2 is 2.00 bits per heavy atom. The number of nitrogens with zero attached hydrogens (tertiary/aromatic N) is 2. The maximum Gasteiger partial charge on any atom is 0.333 e. The van der Waals surface area contributed by atoms with Crippen molar-refractivity contribution in [1.29, 1.82) is 0 Å². The van der Waals surface area contributed by atoms with Gasteiger partial charge in [0.05, 0.1) is 12.2 Å². The zero-order valence-electron chi connectivity index (χ0n) is 13.5. The lowest BCUT2D eigenvalue weighted by Gasteiger charge is -2.45. The van der Waals surface area contributed by atoms with Crippen molar-refractivity contribution in [3.63, 3.8) is 0 Å². The Morgan fingerprint density at radius 3 is 2.68 bits per heavy atom. The lowest BCUT2D eigenvalue weighted by molar-refractivity contribution is 0.108. The van der Waals surface area contributed by atoms with Gasteiger partial charge in [-0.25, -0.2) is 14.5 Å². The number of rotatable bonds is 1. The van der Waals surface area contributed by atoms with E-state index in [1.807, 2.05) is 37.3 Å². The summed E-state index contributed by atoms with van der Waals surface area (Å²) < 4.78 is 6.24. The Bertz CT molecular complexity index is 873. The van der Waals surface area contributed by atoms with Crippen LogP contribution in [0.2, 0.25) is 5.02 Å². The summed E-state index contributed by atoms with van der Waals surface area (Å²) in [7, 11) is 0. The summed E-state index contributed by atoms with van der Waals surface area (Å²) in [6.07, 6.45) is -0.448. The molecule has 2 heterocycles. The van der Waals surface area contributed by atoms with E-state index < -0.39 is 23.7 Å². The van der Waals surface area contributed by atoms with Crippen LogP contribution in [-0.2, 0) is 0 Å². The van der Waals surface area contributed by atoms with Gasteiger partial charge in [-0.15, -0.1) is 0 Å². The summed E-state index contributed by atoms with van der Waals surface area (Å²) in [6, 6.07) is 13.5. The van der Waals surface area contributed by atoms with E-state index in [2.05, 4.69) is 0 Å². The predicted molar refractivity (Wildman–Crippen MR) is 93.8 cm³/mol. The van der Waals surface area contributed by atoms with Gasteiger partial charge in [-0.3, -0.25) is 4.90 Å². The van der Waals surface area contributed by atoms with Crippen LogP contribution in [0.5, 0.6) is 5.75 Å². The van der Waals surface area contributed by atoms with E-state index in [0.717, 1.165) is 10.5 Å². The monoisotopic (exact) mass is 357 g/mol. The highest BCUT2D eigenvalue weighted by Gasteiger charge is 2.58. The average molecular weight is 358 g/mol. The molecule has 7 heteroatoms. The van der Waals surface area contributed by atoms with Crippen LogP contribution in [0, 0.1) is 0 Å². The fourth-order valence-electron chi connectivity index (χ4n) is 3.62. The molecule has 0 saturated carbocycles. The van der Waals surface area contributed by atoms with Gasteiger partial charge >= 0.3 is 12.1 Å². The van der Waals surface area contributed by atoms with Crippen LogP contribution in [0.15, 0.2) is 48.5 Å². The van der Waals surface area contributed by atoms with Crippen LogP contribution in [0.25, 0.3) is 0 Å². The van der Waals surface area contributed by atoms with Crippen molar-refractivity contribution >= 4 is 29.4 Å². The number of fused-ring (bicyclic) bond motifs is 3. The Balaban J connectivity index is 1.92. The molecule has 25 heavy (non-hydrogen) atoms. The normalized spacial score (nSPS) is 24.6. The summed E-state index contributed by atoms with van der Waals surface area (Å²) >= 11 is 6.11. The molecule has 0 aromatic heterocycles. The number of imide groups is 1. The van der Waals surface area contributed by atoms with Crippen molar-refractivity contribution in [2.24, 2.45) is 5.73 Å². The van der Waals surface area contributed by atoms with Gasteiger partial charge in [-0.2, -0.15) is 0 Å². The molecule has 0 radical (unpaired) electrons. The van der Waals surface area contributed by atoms with Crippen LogP contribution in [0.1, 0.15) is 18.6 Å². The van der Waals surface area contributed by atoms with Gasteiger partial charge in [0.15, 0.2) is 0 Å². The van der Waals surface area contributed by atoms with E-state index >= 15 is 0 Å². The molecule has 0 spiro atoms. The number of hydrogen-bond donors (Lipinski definition) is 1. The first kappa shape index (κ1) is 15.8. The highest BCUT2D eigenvalue weighted by molar-refractivity contribution is 6.31. The molecule has 2 N–H and O–H groups in total. The summed E-state index contributed by atoms with van der Waals surface area (Å²) in [5.74, 6) is 0.537. The number of urea groups is 2. The van der Waals surface area contributed by atoms with E-state index in [1.165, 1.54) is 0 Å². The van der Waals surface area contributed by atoms with Crippen molar-refractivity contribution in [2.75, 3.05) is 11.4 Å². The van der Waals surface area contributed by atoms with Crippen LogP contribution in [0.3, 0.4) is 0 Å². The number of carbonyl (C=O) groups is 2. The highest BCUT2D eigenvalue weighted by Crippen LogP contribution is 2.51. The third kappa shape index (κ3) is 2.25. The summed E-state index contributed by atoms with van der Waals surface area (Å²) in [4.78, 5) is 27.2. The van der Waals surface area contributed by atoms with E-state index in [1.54, 1.807) is 23.1 Å². The molecule has 4 amide bonds. The van der Waals surface area contributed by atoms with Gasteiger partial charge in [0.1, 0.15) is 17.4 Å². The van der Waals surface area contributed by atoms with Crippen LogP contribution >= 0.6 is 11.6 Å². The minimum absolute atomic E-state index is 0.132.